The maximum absolute atomic E-state index is 5.70. The normalized spacial score (nSPS) is 10.9. The van der Waals surface area contributed by atoms with Crippen LogP contribution in [0.3, 0.4) is 0 Å². The van der Waals surface area contributed by atoms with Crippen molar-refractivity contribution in [3.8, 4) is 17.2 Å². The molecule has 5 nitrogen and oxygen atoms in total. The minimum absolute atomic E-state index is 0.500. The topological polar surface area (TPSA) is 51.4 Å². The first-order valence-corrected chi connectivity index (χ1v) is 6.46. The minimum atomic E-state index is 0.500. The number of nitrogens with zero attached hydrogens (tertiary/aromatic N) is 3. The Bertz CT molecular complexity index is 521. The van der Waals surface area contributed by atoms with Gasteiger partial charge in [0.25, 0.3) is 5.89 Å². The van der Waals surface area contributed by atoms with Crippen LogP contribution >= 0.6 is 0 Å². The molecule has 0 radical (unpaired) electrons. The SMILES string of the molecule is CCN(CC)Cc1nnc(-c2ccccc2OC)o1. The summed E-state index contributed by atoms with van der Waals surface area (Å²) in [5.41, 5.74) is 0.822. The first kappa shape index (κ1) is 13.5. The van der Waals surface area contributed by atoms with Crippen molar-refractivity contribution < 1.29 is 9.15 Å². The monoisotopic (exact) mass is 261 g/mol. The summed E-state index contributed by atoms with van der Waals surface area (Å²) >= 11 is 0. The van der Waals surface area contributed by atoms with Crippen LogP contribution in [0.4, 0.5) is 0 Å². The van der Waals surface area contributed by atoms with E-state index in [0.717, 1.165) is 24.4 Å². The van der Waals surface area contributed by atoms with Gasteiger partial charge in [0.05, 0.1) is 19.2 Å². The van der Waals surface area contributed by atoms with Gasteiger partial charge >= 0.3 is 0 Å². The molecule has 0 amide bonds. The Morgan fingerprint density at radius 2 is 1.89 bits per heavy atom. The molecular weight excluding hydrogens is 242 g/mol. The third-order valence-electron chi connectivity index (χ3n) is 3.06. The molecule has 0 aliphatic heterocycles. The van der Waals surface area contributed by atoms with Crippen LogP contribution in [0.5, 0.6) is 5.75 Å². The molecule has 0 saturated carbocycles. The number of aromatic nitrogens is 2. The van der Waals surface area contributed by atoms with Gasteiger partial charge in [-0.3, -0.25) is 4.90 Å². The first-order chi connectivity index (χ1) is 9.28. The summed E-state index contributed by atoms with van der Waals surface area (Å²) < 4.78 is 11.0. The Labute approximate surface area is 113 Å². The van der Waals surface area contributed by atoms with E-state index in [4.69, 9.17) is 9.15 Å². The molecule has 0 spiro atoms. The molecule has 1 aromatic carbocycles. The maximum Gasteiger partial charge on any atom is 0.251 e. The van der Waals surface area contributed by atoms with Crippen LogP contribution in [0.2, 0.25) is 0 Å². The van der Waals surface area contributed by atoms with Gasteiger partial charge in [0.1, 0.15) is 5.75 Å². The van der Waals surface area contributed by atoms with E-state index in [1.54, 1.807) is 7.11 Å². The van der Waals surface area contributed by atoms with Crippen molar-refractivity contribution in [1.29, 1.82) is 0 Å². The third-order valence-corrected chi connectivity index (χ3v) is 3.06. The summed E-state index contributed by atoms with van der Waals surface area (Å²) in [7, 11) is 1.63. The highest BCUT2D eigenvalue weighted by Crippen LogP contribution is 2.28. The highest BCUT2D eigenvalue weighted by molar-refractivity contribution is 5.62. The van der Waals surface area contributed by atoms with E-state index in [9.17, 15) is 0 Å². The van der Waals surface area contributed by atoms with Gasteiger partial charge in [-0.15, -0.1) is 10.2 Å². The van der Waals surface area contributed by atoms with Crippen molar-refractivity contribution in [1.82, 2.24) is 15.1 Å². The molecule has 0 saturated heterocycles. The van der Waals surface area contributed by atoms with Crippen LogP contribution in [-0.2, 0) is 6.54 Å². The van der Waals surface area contributed by atoms with Crippen LogP contribution in [0.15, 0.2) is 28.7 Å². The van der Waals surface area contributed by atoms with Crippen molar-refractivity contribution in [3.05, 3.63) is 30.2 Å². The van der Waals surface area contributed by atoms with E-state index >= 15 is 0 Å². The third kappa shape index (κ3) is 3.12. The van der Waals surface area contributed by atoms with E-state index in [-0.39, 0.29) is 0 Å². The predicted molar refractivity (Wildman–Crippen MR) is 72.9 cm³/mol. The largest absolute Gasteiger partial charge is 0.496 e. The average molecular weight is 261 g/mol. The van der Waals surface area contributed by atoms with Crippen LogP contribution in [-0.4, -0.2) is 35.3 Å². The molecular formula is C14H19N3O2. The van der Waals surface area contributed by atoms with Crippen LogP contribution in [0.1, 0.15) is 19.7 Å². The van der Waals surface area contributed by atoms with Crippen molar-refractivity contribution in [2.45, 2.75) is 20.4 Å². The Balaban J connectivity index is 2.21. The number of rotatable bonds is 6. The molecule has 1 heterocycles. The molecule has 0 N–H and O–H groups in total. The molecule has 102 valence electrons. The fraction of sp³-hybridized carbons (Fsp3) is 0.429. The Morgan fingerprint density at radius 3 is 2.58 bits per heavy atom. The lowest BCUT2D eigenvalue weighted by Gasteiger charge is -2.14. The fourth-order valence-corrected chi connectivity index (χ4v) is 1.89. The summed E-state index contributed by atoms with van der Waals surface area (Å²) in [6, 6.07) is 7.62. The van der Waals surface area contributed by atoms with E-state index in [1.165, 1.54) is 0 Å². The van der Waals surface area contributed by atoms with Gasteiger partial charge in [-0.1, -0.05) is 26.0 Å². The molecule has 0 atom stereocenters. The molecule has 0 unspecified atom stereocenters. The van der Waals surface area contributed by atoms with Gasteiger partial charge in [-0.05, 0) is 25.2 Å². The highest BCUT2D eigenvalue weighted by Gasteiger charge is 2.14. The Hall–Kier alpha value is -1.88. The molecule has 2 rings (SSSR count). The van der Waals surface area contributed by atoms with Gasteiger partial charge in [-0.2, -0.15) is 0 Å². The molecule has 2 aromatic rings. The zero-order valence-electron chi connectivity index (χ0n) is 11.6. The molecule has 19 heavy (non-hydrogen) atoms. The minimum Gasteiger partial charge on any atom is -0.496 e. The summed E-state index contributed by atoms with van der Waals surface area (Å²) in [6.45, 7) is 6.82. The second-order valence-electron chi connectivity index (χ2n) is 4.16. The molecule has 0 aliphatic rings. The number of hydrogen-bond donors (Lipinski definition) is 0. The van der Waals surface area contributed by atoms with E-state index in [2.05, 4.69) is 28.9 Å². The van der Waals surface area contributed by atoms with Gasteiger partial charge < -0.3 is 9.15 Å². The van der Waals surface area contributed by atoms with Crippen molar-refractivity contribution in [3.63, 3.8) is 0 Å². The lowest BCUT2D eigenvalue weighted by molar-refractivity contribution is 0.264. The zero-order valence-corrected chi connectivity index (χ0v) is 11.6. The quantitative estimate of drug-likeness (QED) is 0.800. The molecule has 0 aliphatic carbocycles. The molecule has 5 heteroatoms. The molecule has 0 bridgehead atoms. The summed E-state index contributed by atoms with van der Waals surface area (Å²) in [5, 5.41) is 8.18. The predicted octanol–water partition coefficient (Wildman–Crippen LogP) is 2.59. The van der Waals surface area contributed by atoms with Crippen molar-refractivity contribution >= 4 is 0 Å². The van der Waals surface area contributed by atoms with Crippen molar-refractivity contribution in [2.75, 3.05) is 20.2 Å². The highest BCUT2D eigenvalue weighted by atomic mass is 16.5. The van der Waals surface area contributed by atoms with Crippen molar-refractivity contribution in [2.24, 2.45) is 0 Å². The Kier molecular flexibility index (Phi) is 4.52. The van der Waals surface area contributed by atoms with E-state index in [0.29, 0.717) is 18.3 Å². The smallest absolute Gasteiger partial charge is 0.251 e. The summed E-state index contributed by atoms with van der Waals surface area (Å²) in [6.07, 6.45) is 0. The second-order valence-corrected chi connectivity index (χ2v) is 4.16. The van der Waals surface area contributed by atoms with Crippen LogP contribution in [0.25, 0.3) is 11.5 Å². The lowest BCUT2D eigenvalue weighted by Crippen LogP contribution is -2.22. The zero-order chi connectivity index (χ0) is 13.7. The number of benzene rings is 1. The van der Waals surface area contributed by atoms with Gasteiger partial charge in [0, 0.05) is 0 Å². The standard InChI is InChI=1S/C14H19N3O2/c1-4-17(5-2)10-13-15-16-14(19-13)11-8-6-7-9-12(11)18-3/h6-9H,4-5,10H2,1-3H3. The average Bonchev–Trinajstić information content (AvgIpc) is 2.93. The van der Waals surface area contributed by atoms with Gasteiger partial charge in [0.15, 0.2) is 0 Å². The maximum atomic E-state index is 5.70. The number of hydrogen-bond acceptors (Lipinski definition) is 5. The van der Waals surface area contributed by atoms with Crippen LogP contribution in [0, 0.1) is 0 Å². The molecule has 0 fully saturated rings. The summed E-state index contributed by atoms with van der Waals surface area (Å²) in [4.78, 5) is 2.22. The Morgan fingerprint density at radius 1 is 1.16 bits per heavy atom. The number of para-hydroxylation sites is 1. The van der Waals surface area contributed by atoms with Gasteiger partial charge in [0.2, 0.25) is 5.89 Å². The first-order valence-electron chi connectivity index (χ1n) is 6.46. The lowest BCUT2D eigenvalue weighted by atomic mass is 10.2. The fourth-order valence-electron chi connectivity index (χ4n) is 1.89. The number of ether oxygens (including phenoxy) is 1. The van der Waals surface area contributed by atoms with E-state index < -0.39 is 0 Å². The second kappa shape index (κ2) is 6.33. The number of methoxy groups -OCH3 is 1. The van der Waals surface area contributed by atoms with Crippen LogP contribution < -0.4 is 4.74 Å². The summed E-state index contributed by atoms with van der Waals surface area (Å²) in [5.74, 6) is 1.87. The van der Waals surface area contributed by atoms with E-state index in [1.807, 2.05) is 24.3 Å². The molecule has 1 aromatic heterocycles. The van der Waals surface area contributed by atoms with Gasteiger partial charge in [-0.25, -0.2) is 0 Å².